The summed E-state index contributed by atoms with van der Waals surface area (Å²) in [5.74, 6) is -1.08. The number of carbonyl (C=O) groups excluding carboxylic acids is 1. The van der Waals surface area contributed by atoms with Crippen molar-refractivity contribution in [1.29, 1.82) is 0 Å². The third-order valence-electron chi connectivity index (χ3n) is 5.17. The molecule has 0 amide bonds. The minimum absolute atomic E-state index is 0.110. The van der Waals surface area contributed by atoms with E-state index in [0.717, 1.165) is 27.9 Å². The SMILES string of the molecule is Cc1ccc(C(=O)Cc2cccn2C/C=C/c2cccc(CC(C)C(=O)O)c2)cc1. The summed E-state index contributed by atoms with van der Waals surface area (Å²) in [7, 11) is 0. The van der Waals surface area contributed by atoms with E-state index in [4.69, 9.17) is 5.11 Å². The van der Waals surface area contributed by atoms with Crippen molar-refractivity contribution >= 4 is 17.8 Å². The van der Waals surface area contributed by atoms with E-state index in [9.17, 15) is 9.59 Å². The average Bonchev–Trinajstić information content (AvgIpc) is 3.15. The summed E-state index contributed by atoms with van der Waals surface area (Å²) in [4.78, 5) is 23.6. The first-order valence-corrected chi connectivity index (χ1v) is 10.1. The van der Waals surface area contributed by atoms with Gasteiger partial charge in [-0.25, -0.2) is 0 Å². The molecule has 1 heterocycles. The number of carboxylic acid groups (broad SMARTS) is 1. The van der Waals surface area contributed by atoms with E-state index in [-0.39, 0.29) is 5.78 Å². The van der Waals surface area contributed by atoms with Gasteiger partial charge in [-0.3, -0.25) is 9.59 Å². The minimum Gasteiger partial charge on any atom is -0.481 e. The highest BCUT2D eigenvalue weighted by atomic mass is 16.4. The molecule has 30 heavy (non-hydrogen) atoms. The van der Waals surface area contributed by atoms with E-state index in [1.807, 2.05) is 79.9 Å². The van der Waals surface area contributed by atoms with Crippen molar-refractivity contribution in [3.05, 3.63) is 101 Å². The molecule has 0 fully saturated rings. The minimum atomic E-state index is -0.781. The van der Waals surface area contributed by atoms with Crippen LogP contribution in [0, 0.1) is 12.8 Å². The Morgan fingerprint density at radius 3 is 2.57 bits per heavy atom. The molecule has 1 atom stereocenters. The first-order chi connectivity index (χ1) is 14.4. The molecule has 0 aliphatic heterocycles. The Balaban J connectivity index is 1.62. The number of rotatable bonds is 9. The van der Waals surface area contributed by atoms with Crippen LogP contribution in [0.3, 0.4) is 0 Å². The number of aliphatic carboxylic acids is 1. The van der Waals surface area contributed by atoms with Gasteiger partial charge in [-0.1, -0.05) is 73.2 Å². The van der Waals surface area contributed by atoms with Crippen molar-refractivity contribution in [2.45, 2.75) is 33.2 Å². The lowest BCUT2D eigenvalue weighted by Crippen LogP contribution is -2.12. The first-order valence-electron chi connectivity index (χ1n) is 10.1. The number of carboxylic acids is 1. The molecular weight excluding hydrogens is 374 g/mol. The number of hydrogen-bond acceptors (Lipinski definition) is 2. The molecule has 0 aliphatic rings. The highest BCUT2D eigenvalue weighted by molar-refractivity contribution is 5.97. The number of Topliss-reactive ketones (excluding diaryl/α,β-unsaturated/α-hetero) is 1. The quantitative estimate of drug-likeness (QED) is 0.502. The summed E-state index contributed by atoms with van der Waals surface area (Å²) < 4.78 is 2.07. The number of aryl methyl sites for hydroxylation is 1. The summed E-state index contributed by atoms with van der Waals surface area (Å²) in [5, 5.41) is 9.09. The van der Waals surface area contributed by atoms with Crippen LogP contribution in [0.2, 0.25) is 0 Å². The topological polar surface area (TPSA) is 59.3 Å². The molecule has 1 aromatic heterocycles. The summed E-state index contributed by atoms with van der Waals surface area (Å²) in [6.07, 6.45) is 6.94. The molecule has 0 saturated heterocycles. The van der Waals surface area contributed by atoms with Crippen LogP contribution in [0.15, 0.2) is 72.9 Å². The lowest BCUT2D eigenvalue weighted by atomic mass is 9.99. The van der Waals surface area contributed by atoms with Crippen LogP contribution in [-0.2, 0) is 24.2 Å². The molecule has 2 aromatic carbocycles. The molecule has 4 heteroatoms. The third-order valence-corrected chi connectivity index (χ3v) is 5.17. The highest BCUT2D eigenvalue weighted by Gasteiger charge is 2.11. The van der Waals surface area contributed by atoms with Crippen molar-refractivity contribution < 1.29 is 14.7 Å². The maximum atomic E-state index is 12.6. The van der Waals surface area contributed by atoms with Gasteiger partial charge in [-0.15, -0.1) is 0 Å². The molecule has 0 radical (unpaired) electrons. The molecule has 1 N–H and O–H groups in total. The Morgan fingerprint density at radius 2 is 1.83 bits per heavy atom. The second kappa shape index (κ2) is 9.88. The Labute approximate surface area is 177 Å². The number of nitrogens with zero attached hydrogens (tertiary/aromatic N) is 1. The van der Waals surface area contributed by atoms with Crippen LogP contribution >= 0.6 is 0 Å². The van der Waals surface area contributed by atoms with Gasteiger partial charge in [-0.05, 0) is 36.6 Å². The Hall–Kier alpha value is -3.40. The van der Waals surface area contributed by atoms with Crippen LogP contribution in [0.25, 0.3) is 6.08 Å². The number of hydrogen-bond donors (Lipinski definition) is 1. The van der Waals surface area contributed by atoms with E-state index < -0.39 is 11.9 Å². The summed E-state index contributed by atoms with van der Waals surface area (Å²) >= 11 is 0. The van der Waals surface area contributed by atoms with E-state index in [1.54, 1.807) is 6.92 Å². The molecule has 154 valence electrons. The lowest BCUT2D eigenvalue weighted by Gasteiger charge is -2.08. The highest BCUT2D eigenvalue weighted by Crippen LogP contribution is 2.14. The molecule has 0 aliphatic carbocycles. The van der Waals surface area contributed by atoms with Gasteiger partial charge < -0.3 is 9.67 Å². The maximum absolute atomic E-state index is 12.6. The van der Waals surface area contributed by atoms with Crippen molar-refractivity contribution in [3.8, 4) is 0 Å². The Kier molecular flexibility index (Phi) is 7.02. The molecule has 3 aromatic rings. The van der Waals surface area contributed by atoms with Gasteiger partial charge in [0, 0.05) is 24.0 Å². The zero-order chi connectivity index (χ0) is 21.5. The van der Waals surface area contributed by atoms with Crippen LogP contribution in [0.4, 0.5) is 0 Å². The van der Waals surface area contributed by atoms with Crippen LogP contribution in [0.5, 0.6) is 0 Å². The summed E-state index contributed by atoms with van der Waals surface area (Å²) in [5.41, 5.74) is 4.90. The standard InChI is InChI=1S/C26H27NO3/c1-19-10-12-23(13-11-19)25(28)18-24-9-5-15-27(24)14-4-8-21-6-3-7-22(17-21)16-20(2)26(29)30/h3-13,15,17,20H,14,16,18H2,1-2H3,(H,29,30)/b8-4+. The predicted molar refractivity (Wildman–Crippen MR) is 120 cm³/mol. The van der Waals surface area contributed by atoms with Gasteiger partial charge in [0.25, 0.3) is 0 Å². The number of benzene rings is 2. The predicted octanol–water partition coefficient (Wildman–Crippen LogP) is 5.20. The number of allylic oxidation sites excluding steroid dienone is 1. The fourth-order valence-electron chi connectivity index (χ4n) is 3.36. The molecule has 1 unspecified atom stereocenters. The first kappa shape index (κ1) is 21.3. The average molecular weight is 402 g/mol. The van der Waals surface area contributed by atoms with Crippen molar-refractivity contribution in [2.24, 2.45) is 5.92 Å². The van der Waals surface area contributed by atoms with Gasteiger partial charge >= 0.3 is 5.97 Å². The van der Waals surface area contributed by atoms with E-state index in [0.29, 0.717) is 19.4 Å². The molecule has 0 bridgehead atoms. The fourth-order valence-corrected chi connectivity index (χ4v) is 3.36. The fraction of sp³-hybridized carbons (Fsp3) is 0.231. The lowest BCUT2D eigenvalue weighted by molar-refractivity contribution is -0.141. The smallest absolute Gasteiger partial charge is 0.306 e. The van der Waals surface area contributed by atoms with Crippen LogP contribution in [-0.4, -0.2) is 21.4 Å². The van der Waals surface area contributed by atoms with Crippen molar-refractivity contribution in [1.82, 2.24) is 4.57 Å². The Bertz CT molecular complexity index is 1040. The van der Waals surface area contributed by atoms with Gasteiger partial charge in [0.05, 0.1) is 12.3 Å². The maximum Gasteiger partial charge on any atom is 0.306 e. The van der Waals surface area contributed by atoms with E-state index in [2.05, 4.69) is 10.6 Å². The van der Waals surface area contributed by atoms with Gasteiger partial charge in [0.2, 0.25) is 0 Å². The van der Waals surface area contributed by atoms with E-state index >= 15 is 0 Å². The van der Waals surface area contributed by atoms with E-state index in [1.165, 1.54) is 0 Å². The van der Waals surface area contributed by atoms with Gasteiger partial charge in [-0.2, -0.15) is 0 Å². The van der Waals surface area contributed by atoms with Crippen molar-refractivity contribution in [3.63, 3.8) is 0 Å². The number of aromatic nitrogens is 1. The molecule has 0 spiro atoms. The second-order valence-electron chi connectivity index (χ2n) is 7.71. The second-order valence-corrected chi connectivity index (χ2v) is 7.71. The third kappa shape index (κ3) is 5.80. The molecule has 4 nitrogen and oxygen atoms in total. The van der Waals surface area contributed by atoms with Crippen LogP contribution in [0.1, 0.15) is 39.7 Å². The van der Waals surface area contributed by atoms with Gasteiger partial charge in [0.15, 0.2) is 5.78 Å². The zero-order valence-corrected chi connectivity index (χ0v) is 17.4. The normalized spacial score (nSPS) is 12.2. The number of carbonyl (C=O) groups is 2. The summed E-state index contributed by atoms with van der Waals surface area (Å²) in [6.45, 7) is 4.39. The monoisotopic (exact) mass is 401 g/mol. The molecular formula is C26H27NO3. The molecule has 0 saturated carbocycles. The van der Waals surface area contributed by atoms with Crippen LogP contribution < -0.4 is 0 Å². The number of ketones is 1. The van der Waals surface area contributed by atoms with Gasteiger partial charge in [0.1, 0.15) is 0 Å². The summed E-state index contributed by atoms with van der Waals surface area (Å²) in [6, 6.07) is 19.5. The Morgan fingerprint density at radius 1 is 1.07 bits per heavy atom. The van der Waals surface area contributed by atoms with Crippen molar-refractivity contribution in [2.75, 3.05) is 0 Å². The zero-order valence-electron chi connectivity index (χ0n) is 17.4. The molecule has 3 rings (SSSR count). The largest absolute Gasteiger partial charge is 0.481 e.